The minimum atomic E-state index is 0.297. The van der Waals surface area contributed by atoms with Crippen molar-refractivity contribution >= 4 is 39.1 Å². The fraction of sp³-hybridized carbons (Fsp3) is 0.400. The number of carbonyl (C=O) groups is 1. The molecule has 21 heavy (non-hydrogen) atoms. The SMILES string of the molecule is COc1cc(N2CCC(N)CC2)cc2sc(C=O)c(N)c12. The van der Waals surface area contributed by atoms with Gasteiger partial charge in [0.1, 0.15) is 5.75 Å². The number of aldehydes is 1. The van der Waals surface area contributed by atoms with Gasteiger partial charge in [0.15, 0.2) is 6.29 Å². The van der Waals surface area contributed by atoms with Crippen LogP contribution in [0.2, 0.25) is 0 Å². The first kappa shape index (κ1) is 14.2. The molecule has 0 atom stereocenters. The van der Waals surface area contributed by atoms with Crippen LogP contribution in [0.4, 0.5) is 11.4 Å². The predicted octanol–water partition coefficient (Wildman–Crippen LogP) is 2.23. The Balaban J connectivity index is 2.07. The van der Waals surface area contributed by atoms with Crippen LogP contribution >= 0.6 is 11.3 Å². The van der Waals surface area contributed by atoms with Crippen molar-refractivity contribution in [2.45, 2.75) is 18.9 Å². The van der Waals surface area contributed by atoms with Crippen molar-refractivity contribution in [1.29, 1.82) is 0 Å². The Hall–Kier alpha value is -1.79. The lowest BCUT2D eigenvalue weighted by Gasteiger charge is -2.32. The van der Waals surface area contributed by atoms with Crippen LogP contribution in [0.3, 0.4) is 0 Å². The number of methoxy groups -OCH3 is 1. The zero-order valence-electron chi connectivity index (χ0n) is 12.0. The van der Waals surface area contributed by atoms with E-state index in [0.29, 0.717) is 16.6 Å². The van der Waals surface area contributed by atoms with E-state index >= 15 is 0 Å². The number of piperidine rings is 1. The summed E-state index contributed by atoms with van der Waals surface area (Å²) in [6.07, 6.45) is 2.79. The molecule has 1 aromatic heterocycles. The first-order valence-electron chi connectivity index (χ1n) is 6.99. The molecule has 1 aliphatic rings. The number of hydrogen-bond acceptors (Lipinski definition) is 6. The van der Waals surface area contributed by atoms with Gasteiger partial charge < -0.3 is 21.1 Å². The lowest BCUT2D eigenvalue weighted by Crippen LogP contribution is -2.39. The molecule has 0 bridgehead atoms. The highest BCUT2D eigenvalue weighted by molar-refractivity contribution is 7.21. The van der Waals surface area contributed by atoms with Gasteiger partial charge in [-0.1, -0.05) is 0 Å². The van der Waals surface area contributed by atoms with Crippen LogP contribution in [0, 0.1) is 0 Å². The van der Waals surface area contributed by atoms with Crippen LogP contribution < -0.4 is 21.1 Å². The lowest BCUT2D eigenvalue weighted by atomic mass is 10.0. The summed E-state index contributed by atoms with van der Waals surface area (Å²) >= 11 is 1.41. The van der Waals surface area contributed by atoms with Crippen molar-refractivity contribution in [3.8, 4) is 5.75 Å². The van der Waals surface area contributed by atoms with E-state index in [-0.39, 0.29) is 0 Å². The summed E-state index contributed by atoms with van der Waals surface area (Å²) in [7, 11) is 1.63. The molecular weight excluding hydrogens is 286 g/mol. The highest BCUT2D eigenvalue weighted by Gasteiger charge is 2.20. The number of thiophene rings is 1. The van der Waals surface area contributed by atoms with Crippen LogP contribution in [0.25, 0.3) is 10.1 Å². The van der Waals surface area contributed by atoms with Gasteiger partial charge in [0.25, 0.3) is 0 Å². The number of nitrogens with two attached hydrogens (primary N) is 2. The second kappa shape index (κ2) is 5.54. The van der Waals surface area contributed by atoms with Crippen LogP contribution in [0.15, 0.2) is 12.1 Å². The number of carbonyl (C=O) groups excluding carboxylic acids is 1. The van der Waals surface area contributed by atoms with E-state index in [2.05, 4.69) is 11.0 Å². The fourth-order valence-corrected chi connectivity index (χ4v) is 3.80. The number of benzene rings is 1. The molecule has 2 heterocycles. The predicted molar refractivity (Wildman–Crippen MR) is 87.6 cm³/mol. The van der Waals surface area contributed by atoms with Crippen molar-refractivity contribution in [2.75, 3.05) is 30.8 Å². The van der Waals surface area contributed by atoms with Gasteiger partial charge in [0.2, 0.25) is 0 Å². The Morgan fingerprint density at radius 2 is 2.10 bits per heavy atom. The van der Waals surface area contributed by atoms with Gasteiger partial charge >= 0.3 is 0 Å². The number of nitrogen functional groups attached to an aromatic ring is 1. The third kappa shape index (κ3) is 2.45. The zero-order chi connectivity index (χ0) is 15.0. The lowest BCUT2D eigenvalue weighted by molar-refractivity contribution is 0.112. The number of rotatable bonds is 3. The minimum absolute atomic E-state index is 0.297. The maximum atomic E-state index is 11.1. The Labute approximate surface area is 127 Å². The standard InChI is InChI=1S/C15H19N3O2S/c1-20-11-6-10(18-4-2-9(16)3-5-18)7-12-14(11)15(17)13(8-19)21-12/h6-9H,2-5,16-17H2,1H3. The third-order valence-electron chi connectivity index (χ3n) is 4.04. The van der Waals surface area contributed by atoms with Crippen LogP contribution in [0.1, 0.15) is 22.5 Å². The van der Waals surface area contributed by atoms with Crippen molar-refractivity contribution < 1.29 is 9.53 Å². The Morgan fingerprint density at radius 3 is 2.71 bits per heavy atom. The average Bonchev–Trinajstić information content (AvgIpc) is 2.83. The fourth-order valence-electron chi connectivity index (χ4n) is 2.81. The molecule has 1 fully saturated rings. The second-order valence-electron chi connectivity index (χ2n) is 5.34. The van der Waals surface area contributed by atoms with Gasteiger partial charge in [-0.2, -0.15) is 0 Å². The number of fused-ring (bicyclic) bond motifs is 1. The molecule has 112 valence electrons. The molecule has 1 aliphatic heterocycles. The van der Waals surface area contributed by atoms with Crippen LogP contribution in [-0.4, -0.2) is 32.5 Å². The van der Waals surface area contributed by atoms with Gasteiger partial charge in [-0.05, 0) is 18.9 Å². The molecule has 6 heteroatoms. The van der Waals surface area contributed by atoms with Gasteiger partial charge in [0.05, 0.1) is 23.1 Å². The normalized spacial score (nSPS) is 16.4. The molecule has 1 aromatic carbocycles. The van der Waals surface area contributed by atoms with E-state index in [1.54, 1.807) is 7.11 Å². The maximum absolute atomic E-state index is 11.1. The summed E-state index contributed by atoms with van der Waals surface area (Å²) in [5.74, 6) is 0.722. The minimum Gasteiger partial charge on any atom is -0.496 e. The molecule has 2 aromatic rings. The number of anilines is 2. The zero-order valence-corrected chi connectivity index (χ0v) is 12.8. The molecule has 5 nitrogen and oxygen atoms in total. The van der Waals surface area contributed by atoms with E-state index in [4.69, 9.17) is 16.2 Å². The summed E-state index contributed by atoms with van der Waals surface area (Å²) < 4.78 is 6.46. The number of nitrogens with zero attached hydrogens (tertiary/aromatic N) is 1. The molecule has 0 aliphatic carbocycles. The van der Waals surface area contributed by atoms with E-state index < -0.39 is 0 Å². The molecule has 0 unspecified atom stereocenters. The number of ether oxygens (including phenoxy) is 1. The van der Waals surface area contributed by atoms with E-state index in [1.165, 1.54) is 11.3 Å². The van der Waals surface area contributed by atoms with Gasteiger partial charge in [-0.25, -0.2) is 0 Å². The molecular formula is C15H19N3O2S. The van der Waals surface area contributed by atoms with Gasteiger partial charge in [-0.3, -0.25) is 4.79 Å². The number of hydrogen-bond donors (Lipinski definition) is 2. The quantitative estimate of drug-likeness (QED) is 0.850. The largest absolute Gasteiger partial charge is 0.496 e. The summed E-state index contributed by atoms with van der Waals surface area (Å²) in [6.45, 7) is 1.88. The smallest absolute Gasteiger partial charge is 0.162 e. The van der Waals surface area contributed by atoms with E-state index in [0.717, 1.165) is 53.7 Å². The van der Waals surface area contributed by atoms with Crippen molar-refractivity contribution in [1.82, 2.24) is 0 Å². The average molecular weight is 305 g/mol. The van der Waals surface area contributed by atoms with Crippen LogP contribution in [-0.2, 0) is 0 Å². The molecule has 0 spiro atoms. The molecule has 4 N–H and O–H groups in total. The topological polar surface area (TPSA) is 81.6 Å². The molecule has 0 radical (unpaired) electrons. The summed E-state index contributed by atoms with van der Waals surface area (Å²) in [5, 5.41) is 0.835. The van der Waals surface area contributed by atoms with E-state index in [9.17, 15) is 4.79 Å². The monoisotopic (exact) mass is 305 g/mol. The Bertz CT molecular complexity index is 675. The van der Waals surface area contributed by atoms with Gasteiger partial charge in [-0.15, -0.1) is 11.3 Å². The molecule has 0 saturated carbocycles. The van der Waals surface area contributed by atoms with Crippen molar-refractivity contribution in [2.24, 2.45) is 5.73 Å². The maximum Gasteiger partial charge on any atom is 0.162 e. The van der Waals surface area contributed by atoms with Gasteiger partial charge in [0, 0.05) is 35.6 Å². The highest BCUT2D eigenvalue weighted by atomic mass is 32.1. The summed E-state index contributed by atoms with van der Waals surface area (Å²) in [5.41, 5.74) is 13.6. The van der Waals surface area contributed by atoms with E-state index in [1.807, 2.05) is 6.07 Å². The van der Waals surface area contributed by atoms with Crippen molar-refractivity contribution in [3.63, 3.8) is 0 Å². The Kier molecular flexibility index (Phi) is 3.73. The second-order valence-corrected chi connectivity index (χ2v) is 6.43. The first-order valence-corrected chi connectivity index (χ1v) is 7.81. The Morgan fingerprint density at radius 1 is 1.38 bits per heavy atom. The highest BCUT2D eigenvalue weighted by Crippen LogP contribution is 2.42. The summed E-state index contributed by atoms with van der Waals surface area (Å²) in [6, 6.07) is 4.38. The summed E-state index contributed by atoms with van der Waals surface area (Å²) in [4.78, 5) is 13.9. The third-order valence-corrected chi connectivity index (χ3v) is 5.12. The molecule has 1 saturated heterocycles. The van der Waals surface area contributed by atoms with Crippen molar-refractivity contribution in [3.05, 3.63) is 17.0 Å². The molecule has 0 amide bonds. The van der Waals surface area contributed by atoms with Crippen LogP contribution in [0.5, 0.6) is 5.75 Å². The first-order chi connectivity index (χ1) is 10.1. The molecule has 3 rings (SSSR count).